The number of rotatable bonds is 9. The third-order valence-electron chi connectivity index (χ3n) is 5.50. The molecule has 1 aliphatic rings. The predicted molar refractivity (Wildman–Crippen MR) is 128 cm³/mol. The van der Waals surface area contributed by atoms with Gasteiger partial charge >= 0.3 is 0 Å². The van der Waals surface area contributed by atoms with Gasteiger partial charge in [-0.15, -0.1) is 10.2 Å². The fourth-order valence-electron chi connectivity index (χ4n) is 3.67. The van der Waals surface area contributed by atoms with Gasteiger partial charge in [-0.05, 0) is 68.1 Å². The van der Waals surface area contributed by atoms with Crippen LogP contribution in [0.3, 0.4) is 0 Å². The van der Waals surface area contributed by atoms with Crippen LogP contribution in [0.5, 0.6) is 0 Å². The molecule has 1 saturated heterocycles. The molecule has 7 nitrogen and oxygen atoms in total. The molecule has 1 atom stereocenters. The van der Waals surface area contributed by atoms with E-state index >= 15 is 0 Å². The molecule has 1 aromatic heterocycles. The molecule has 33 heavy (non-hydrogen) atoms. The molecule has 0 spiro atoms. The van der Waals surface area contributed by atoms with E-state index in [-0.39, 0.29) is 23.6 Å². The smallest absolute Gasteiger partial charge is 0.234 e. The van der Waals surface area contributed by atoms with E-state index in [0.717, 1.165) is 47.8 Å². The van der Waals surface area contributed by atoms with Crippen molar-refractivity contribution in [1.29, 1.82) is 0 Å². The molecule has 0 aliphatic carbocycles. The van der Waals surface area contributed by atoms with Gasteiger partial charge in [0.25, 0.3) is 0 Å². The number of hydrogen-bond donors (Lipinski definition) is 2. The lowest BCUT2D eigenvalue weighted by Gasteiger charge is -2.15. The maximum atomic E-state index is 13.2. The molecule has 0 radical (unpaired) electrons. The molecule has 1 fully saturated rings. The van der Waals surface area contributed by atoms with Gasteiger partial charge in [0.15, 0.2) is 11.0 Å². The van der Waals surface area contributed by atoms with E-state index in [4.69, 9.17) is 4.74 Å². The zero-order valence-electron chi connectivity index (χ0n) is 18.8. The Labute approximate surface area is 197 Å². The molecule has 2 heterocycles. The lowest BCUT2D eigenvalue weighted by Crippen LogP contribution is -2.20. The van der Waals surface area contributed by atoms with Crippen molar-refractivity contribution in [3.8, 4) is 0 Å². The van der Waals surface area contributed by atoms with E-state index in [9.17, 15) is 9.18 Å². The van der Waals surface area contributed by atoms with Crippen molar-refractivity contribution in [2.45, 2.75) is 51.0 Å². The van der Waals surface area contributed by atoms with Gasteiger partial charge in [0.2, 0.25) is 5.91 Å². The quantitative estimate of drug-likeness (QED) is 0.448. The Hall–Kier alpha value is -2.91. The number of ether oxygens (including phenoxy) is 1. The van der Waals surface area contributed by atoms with Crippen LogP contribution in [0.1, 0.15) is 29.8 Å². The third-order valence-corrected chi connectivity index (χ3v) is 6.46. The van der Waals surface area contributed by atoms with Gasteiger partial charge in [0.1, 0.15) is 5.82 Å². The zero-order valence-corrected chi connectivity index (χ0v) is 19.6. The zero-order chi connectivity index (χ0) is 23.2. The first-order valence-corrected chi connectivity index (χ1v) is 12.0. The van der Waals surface area contributed by atoms with E-state index < -0.39 is 0 Å². The molecular weight excluding hydrogens is 441 g/mol. The Kier molecular flexibility index (Phi) is 7.61. The van der Waals surface area contributed by atoms with Gasteiger partial charge < -0.3 is 19.9 Å². The molecule has 0 saturated carbocycles. The van der Waals surface area contributed by atoms with Crippen molar-refractivity contribution in [3.05, 3.63) is 65.2 Å². The number of aryl methyl sites for hydroxylation is 2. The summed E-state index contributed by atoms with van der Waals surface area (Å²) in [4.78, 5) is 12.6. The SMILES string of the molecule is Cc1ccc(C)c(NC(=O)CSc2nnc(CNc3ccc(F)cc3)n2C[C@H]2CCCO2)c1. The topological polar surface area (TPSA) is 81.1 Å². The number of anilines is 2. The maximum absolute atomic E-state index is 13.2. The normalized spacial score (nSPS) is 15.5. The molecule has 9 heteroatoms. The first kappa shape index (κ1) is 23.3. The minimum atomic E-state index is -0.278. The monoisotopic (exact) mass is 469 g/mol. The summed E-state index contributed by atoms with van der Waals surface area (Å²) in [6.07, 6.45) is 2.13. The summed E-state index contributed by atoms with van der Waals surface area (Å²) in [5.41, 5.74) is 3.74. The number of amides is 1. The summed E-state index contributed by atoms with van der Waals surface area (Å²) in [5, 5.41) is 15.6. The Morgan fingerprint density at radius 1 is 1.21 bits per heavy atom. The van der Waals surface area contributed by atoms with Crippen molar-refractivity contribution < 1.29 is 13.9 Å². The number of nitrogens with one attached hydrogen (secondary N) is 2. The molecule has 4 rings (SSSR count). The summed E-state index contributed by atoms with van der Waals surface area (Å²) >= 11 is 1.36. The van der Waals surface area contributed by atoms with Gasteiger partial charge in [0, 0.05) is 18.0 Å². The summed E-state index contributed by atoms with van der Waals surface area (Å²) in [6, 6.07) is 12.2. The Bertz CT molecular complexity index is 1100. The number of carbonyl (C=O) groups is 1. The molecule has 3 aromatic rings. The average molecular weight is 470 g/mol. The van der Waals surface area contributed by atoms with Gasteiger partial charge in [-0.25, -0.2) is 4.39 Å². The van der Waals surface area contributed by atoms with Crippen LogP contribution in [0.2, 0.25) is 0 Å². The minimum absolute atomic E-state index is 0.0913. The number of carbonyl (C=O) groups excluding carboxylic acids is 1. The highest BCUT2D eigenvalue weighted by molar-refractivity contribution is 7.99. The van der Waals surface area contributed by atoms with E-state index in [2.05, 4.69) is 20.8 Å². The summed E-state index contributed by atoms with van der Waals surface area (Å²) < 4.78 is 21.0. The first-order chi connectivity index (χ1) is 16.0. The molecule has 2 aromatic carbocycles. The largest absolute Gasteiger partial charge is 0.378 e. The standard InChI is InChI=1S/C24H28FN5O2S/c1-16-5-6-17(2)21(12-16)27-23(31)15-33-24-29-28-22(30(24)14-20-4-3-11-32-20)13-26-19-9-7-18(25)8-10-19/h5-10,12,20,26H,3-4,11,13-15H2,1-2H3,(H,27,31)/t20-/m1/s1. The fourth-order valence-corrected chi connectivity index (χ4v) is 4.43. The lowest BCUT2D eigenvalue weighted by molar-refractivity contribution is -0.113. The molecule has 174 valence electrons. The number of benzene rings is 2. The van der Waals surface area contributed by atoms with Crippen molar-refractivity contribution in [2.75, 3.05) is 23.0 Å². The second kappa shape index (κ2) is 10.8. The molecule has 0 bridgehead atoms. The highest BCUT2D eigenvalue weighted by atomic mass is 32.2. The summed E-state index contributed by atoms with van der Waals surface area (Å²) in [5.74, 6) is 0.598. The van der Waals surface area contributed by atoms with Gasteiger partial charge in [0.05, 0.1) is 24.9 Å². The third kappa shape index (κ3) is 6.33. The predicted octanol–water partition coefficient (Wildman–Crippen LogP) is 4.56. The van der Waals surface area contributed by atoms with Gasteiger partial charge in [-0.2, -0.15) is 0 Å². The highest BCUT2D eigenvalue weighted by Gasteiger charge is 2.21. The van der Waals surface area contributed by atoms with Crippen LogP contribution >= 0.6 is 11.8 Å². The number of halogens is 1. The number of aromatic nitrogens is 3. The minimum Gasteiger partial charge on any atom is -0.378 e. The molecular formula is C24H28FN5O2S. The second-order valence-electron chi connectivity index (χ2n) is 8.16. The molecule has 0 unspecified atom stereocenters. The lowest BCUT2D eigenvalue weighted by atomic mass is 10.1. The second-order valence-corrected chi connectivity index (χ2v) is 9.10. The van der Waals surface area contributed by atoms with Crippen LogP contribution < -0.4 is 10.6 Å². The van der Waals surface area contributed by atoms with Crippen molar-refractivity contribution in [2.24, 2.45) is 0 Å². The van der Waals surface area contributed by atoms with E-state index in [1.54, 1.807) is 12.1 Å². The first-order valence-electron chi connectivity index (χ1n) is 11.0. The Morgan fingerprint density at radius 3 is 2.79 bits per heavy atom. The Balaban J connectivity index is 1.42. The van der Waals surface area contributed by atoms with Crippen molar-refractivity contribution in [1.82, 2.24) is 14.8 Å². The van der Waals surface area contributed by atoms with Crippen LogP contribution in [-0.2, 0) is 22.6 Å². The van der Waals surface area contributed by atoms with Gasteiger partial charge in [-0.3, -0.25) is 4.79 Å². The highest BCUT2D eigenvalue weighted by Crippen LogP contribution is 2.23. The van der Waals surface area contributed by atoms with Crippen LogP contribution in [0.15, 0.2) is 47.6 Å². The fraction of sp³-hybridized carbons (Fsp3) is 0.375. The van der Waals surface area contributed by atoms with Crippen LogP contribution in [0.4, 0.5) is 15.8 Å². The van der Waals surface area contributed by atoms with Crippen molar-refractivity contribution >= 4 is 29.0 Å². The van der Waals surface area contributed by atoms with Crippen molar-refractivity contribution in [3.63, 3.8) is 0 Å². The van der Waals surface area contributed by atoms with Gasteiger partial charge in [-0.1, -0.05) is 23.9 Å². The van der Waals surface area contributed by atoms with Crippen LogP contribution in [0, 0.1) is 19.7 Å². The molecule has 2 N–H and O–H groups in total. The van der Waals surface area contributed by atoms with E-state index in [0.29, 0.717) is 18.2 Å². The molecule has 1 aliphatic heterocycles. The summed E-state index contributed by atoms with van der Waals surface area (Å²) in [6.45, 7) is 5.80. The van der Waals surface area contributed by atoms with Crippen LogP contribution in [0.25, 0.3) is 0 Å². The molecule has 1 amide bonds. The van der Waals surface area contributed by atoms with E-state index in [1.807, 2.05) is 36.6 Å². The Morgan fingerprint density at radius 2 is 2.03 bits per heavy atom. The maximum Gasteiger partial charge on any atom is 0.234 e. The summed E-state index contributed by atoms with van der Waals surface area (Å²) in [7, 11) is 0. The van der Waals surface area contributed by atoms with E-state index in [1.165, 1.54) is 23.9 Å². The number of nitrogens with zero attached hydrogens (tertiary/aromatic N) is 3. The van der Waals surface area contributed by atoms with Crippen LogP contribution in [-0.4, -0.2) is 39.1 Å². The number of hydrogen-bond acceptors (Lipinski definition) is 6. The average Bonchev–Trinajstić information content (AvgIpc) is 3.45. The number of thioether (sulfide) groups is 1.